The Kier molecular flexibility index (Phi) is 4.06. The van der Waals surface area contributed by atoms with E-state index in [9.17, 15) is 0 Å². The Morgan fingerprint density at radius 1 is 0.765 bits per heavy atom. The third kappa shape index (κ3) is 3.51. The zero-order valence-electron chi connectivity index (χ0n) is 9.03. The van der Waals surface area contributed by atoms with Gasteiger partial charge >= 0.3 is 0 Å². The molecule has 0 radical (unpaired) electrons. The van der Waals surface area contributed by atoms with E-state index in [1.807, 2.05) is 54.6 Å². The van der Waals surface area contributed by atoms with E-state index in [-0.39, 0.29) is 0 Å². The maximum Gasteiger partial charge on any atom is 0.0598 e. The van der Waals surface area contributed by atoms with Gasteiger partial charge in [-0.1, -0.05) is 59.6 Å². The fourth-order valence-corrected chi connectivity index (χ4v) is 1.69. The molecule has 0 unspecified atom stereocenters. The van der Waals surface area contributed by atoms with Crippen LogP contribution < -0.4 is 0 Å². The average molecular weight is 261 g/mol. The lowest BCUT2D eigenvalue weighted by Gasteiger charge is -1.95. The predicted molar refractivity (Wildman–Crippen MR) is 75.3 cm³/mol. The molecule has 0 bridgehead atoms. The van der Waals surface area contributed by atoms with Crippen LogP contribution in [0.2, 0.25) is 10.0 Å². The minimum Gasteiger partial charge on any atom is -0.120 e. The van der Waals surface area contributed by atoms with E-state index in [1.54, 1.807) is 6.07 Å². The molecule has 2 aromatic rings. The van der Waals surface area contributed by atoms with Crippen molar-refractivity contribution in [3.8, 4) is 0 Å². The van der Waals surface area contributed by atoms with Crippen molar-refractivity contribution in [2.75, 3.05) is 0 Å². The lowest BCUT2D eigenvalue weighted by Crippen LogP contribution is -1.72. The van der Waals surface area contributed by atoms with Gasteiger partial charge in [0.2, 0.25) is 0 Å². The monoisotopic (exact) mass is 260 g/mol. The van der Waals surface area contributed by atoms with E-state index in [1.165, 1.54) is 0 Å². The van der Waals surface area contributed by atoms with Crippen molar-refractivity contribution in [1.82, 2.24) is 0 Å². The first-order valence-electron chi connectivity index (χ1n) is 5.18. The number of benzene rings is 2. The molecule has 0 N–H and O–H groups in total. The smallest absolute Gasteiger partial charge is 0.0598 e. The van der Waals surface area contributed by atoms with Gasteiger partial charge in [-0.2, -0.15) is 0 Å². The van der Waals surface area contributed by atoms with Crippen LogP contribution in [0.4, 0.5) is 0 Å². The largest absolute Gasteiger partial charge is 0.120 e. The molecular formula is C15H10Cl2. The second kappa shape index (κ2) is 5.75. The summed E-state index contributed by atoms with van der Waals surface area (Å²) in [7, 11) is 0. The molecule has 0 heterocycles. The summed E-state index contributed by atoms with van der Waals surface area (Å²) in [6.45, 7) is 0. The Morgan fingerprint density at radius 2 is 1.47 bits per heavy atom. The summed E-state index contributed by atoms with van der Waals surface area (Å²) >= 11 is 11.8. The molecule has 0 aliphatic rings. The van der Waals surface area contributed by atoms with Gasteiger partial charge in [-0.05, 0) is 35.4 Å². The Morgan fingerprint density at radius 3 is 2.18 bits per heavy atom. The molecule has 0 aromatic heterocycles. The van der Waals surface area contributed by atoms with Crippen molar-refractivity contribution in [2.45, 2.75) is 0 Å². The Bertz CT molecular complexity index is 565. The van der Waals surface area contributed by atoms with Gasteiger partial charge in [0.25, 0.3) is 0 Å². The number of hydrogen-bond donors (Lipinski definition) is 0. The van der Waals surface area contributed by atoms with E-state index >= 15 is 0 Å². The van der Waals surface area contributed by atoms with Crippen LogP contribution in [0.3, 0.4) is 0 Å². The normalized spacial score (nSPS) is 9.53. The quantitative estimate of drug-likeness (QED) is 0.642. The van der Waals surface area contributed by atoms with Gasteiger partial charge in [0.05, 0.1) is 10.0 Å². The van der Waals surface area contributed by atoms with Gasteiger partial charge in [0, 0.05) is 0 Å². The number of rotatable bonds is 2. The first-order chi connectivity index (χ1) is 8.25. The molecule has 2 aromatic carbocycles. The van der Waals surface area contributed by atoms with Crippen molar-refractivity contribution in [2.24, 2.45) is 0 Å². The van der Waals surface area contributed by atoms with E-state index < -0.39 is 0 Å². The highest BCUT2D eigenvalue weighted by atomic mass is 35.5. The zero-order chi connectivity index (χ0) is 12.1. The second-order valence-electron chi connectivity index (χ2n) is 3.54. The van der Waals surface area contributed by atoms with Gasteiger partial charge < -0.3 is 0 Å². The summed E-state index contributed by atoms with van der Waals surface area (Å²) in [6, 6.07) is 15.5. The van der Waals surface area contributed by atoms with Gasteiger partial charge in [-0.15, -0.1) is 5.73 Å². The fourth-order valence-electron chi connectivity index (χ4n) is 1.39. The minimum absolute atomic E-state index is 0.557. The SMILES string of the molecule is Clc1ccc(C=C=Cc2ccccc2)cc1Cl. The van der Waals surface area contributed by atoms with Crippen molar-refractivity contribution in [1.29, 1.82) is 0 Å². The maximum atomic E-state index is 5.92. The molecule has 84 valence electrons. The molecule has 17 heavy (non-hydrogen) atoms. The lowest BCUT2D eigenvalue weighted by molar-refractivity contribution is 1.65. The van der Waals surface area contributed by atoms with Crippen LogP contribution in [0, 0.1) is 0 Å². The Balaban J connectivity index is 2.20. The first kappa shape index (κ1) is 12.0. The molecular weight excluding hydrogens is 251 g/mol. The molecule has 0 fully saturated rings. The van der Waals surface area contributed by atoms with Crippen LogP contribution in [-0.2, 0) is 0 Å². The molecule has 0 atom stereocenters. The highest BCUT2D eigenvalue weighted by molar-refractivity contribution is 6.42. The zero-order valence-corrected chi connectivity index (χ0v) is 10.5. The van der Waals surface area contributed by atoms with E-state index in [0.29, 0.717) is 10.0 Å². The lowest BCUT2D eigenvalue weighted by atomic mass is 10.2. The van der Waals surface area contributed by atoms with Gasteiger partial charge in [-0.25, -0.2) is 0 Å². The highest BCUT2D eigenvalue weighted by Crippen LogP contribution is 2.22. The summed E-state index contributed by atoms with van der Waals surface area (Å²) in [6.07, 6.45) is 3.79. The van der Waals surface area contributed by atoms with Crippen molar-refractivity contribution in [3.63, 3.8) is 0 Å². The molecule has 0 nitrogen and oxygen atoms in total. The standard InChI is InChI=1S/C15H10Cl2/c16-14-10-9-13(11-15(14)17)8-4-7-12-5-2-1-3-6-12/h1-3,5-11H. The molecule has 2 rings (SSSR count). The second-order valence-corrected chi connectivity index (χ2v) is 4.35. The van der Waals surface area contributed by atoms with Crippen LogP contribution in [0.1, 0.15) is 11.1 Å². The topological polar surface area (TPSA) is 0 Å². The van der Waals surface area contributed by atoms with E-state index in [0.717, 1.165) is 11.1 Å². The van der Waals surface area contributed by atoms with Gasteiger partial charge in [-0.3, -0.25) is 0 Å². The molecule has 0 amide bonds. The molecule has 0 saturated heterocycles. The van der Waals surface area contributed by atoms with Crippen molar-refractivity contribution < 1.29 is 0 Å². The maximum absolute atomic E-state index is 5.92. The number of halogens is 2. The van der Waals surface area contributed by atoms with Crippen LogP contribution in [-0.4, -0.2) is 0 Å². The third-order valence-corrected chi connectivity index (χ3v) is 2.98. The molecule has 0 aliphatic carbocycles. The summed E-state index contributed by atoms with van der Waals surface area (Å²) in [4.78, 5) is 0. The molecule has 2 heteroatoms. The molecule has 0 saturated carbocycles. The van der Waals surface area contributed by atoms with Crippen LogP contribution in [0.25, 0.3) is 12.2 Å². The van der Waals surface area contributed by atoms with Crippen LogP contribution in [0.15, 0.2) is 54.3 Å². The summed E-state index contributed by atoms with van der Waals surface area (Å²) in [5, 5.41) is 1.12. The highest BCUT2D eigenvalue weighted by Gasteiger charge is 1.95. The Hall–Kier alpha value is -1.46. The van der Waals surface area contributed by atoms with Crippen LogP contribution >= 0.6 is 23.2 Å². The molecule has 0 aliphatic heterocycles. The molecule has 0 spiro atoms. The van der Waals surface area contributed by atoms with Crippen molar-refractivity contribution >= 4 is 35.4 Å². The first-order valence-corrected chi connectivity index (χ1v) is 5.94. The van der Waals surface area contributed by atoms with Gasteiger partial charge in [0.15, 0.2) is 0 Å². The van der Waals surface area contributed by atoms with Crippen LogP contribution in [0.5, 0.6) is 0 Å². The fraction of sp³-hybridized carbons (Fsp3) is 0. The van der Waals surface area contributed by atoms with E-state index in [2.05, 4.69) is 5.73 Å². The summed E-state index contributed by atoms with van der Waals surface area (Å²) < 4.78 is 0. The Labute approximate surface area is 111 Å². The predicted octanol–water partition coefficient (Wildman–Crippen LogP) is 5.32. The number of hydrogen-bond acceptors (Lipinski definition) is 0. The van der Waals surface area contributed by atoms with Crippen molar-refractivity contribution in [3.05, 3.63) is 75.4 Å². The summed E-state index contributed by atoms with van der Waals surface area (Å²) in [5.74, 6) is 0. The minimum atomic E-state index is 0.557. The average Bonchev–Trinajstić information content (AvgIpc) is 2.35. The van der Waals surface area contributed by atoms with E-state index in [4.69, 9.17) is 23.2 Å². The van der Waals surface area contributed by atoms with Gasteiger partial charge in [0.1, 0.15) is 0 Å². The third-order valence-electron chi connectivity index (χ3n) is 2.24. The summed E-state index contributed by atoms with van der Waals surface area (Å²) in [5.41, 5.74) is 5.21.